The maximum atomic E-state index is 13.5. The first-order chi connectivity index (χ1) is 16.0. The van der Waals surface area contributed by atoms with Crippen LogP contribution in [-0.2, 0) is 28.9 Å². The van der Waals surface area contributed by atoms with Gasteiger partial charge in [0.15, 0.2) is 0 Å². The molecule has 0 saturated carbocycles. The number of thiophene rings is 1. The highest BCUT2D eigenvalue weighted by Gasteiger charge is 2.20. The summed E-state index contributed by atoms with van der Waals surface area (Å²) in [7, 11) is 0. The molecule has 0 spiro atoms. The monoisotopic (exact) mass is 501 g/mol. The largest absolute Gasteiger partial charge is 0.347 e. The molecule has 0 fully saturated rings. The molecule has 0 radical (unpaired) electrons. The molecule has 1 unspecified atom stereocenters. The van der Waals surface area contributed by atoms with E-state index >= 15 is 0 Å². The van der Waals surface area contributed by atoms with Crippen molar-refractivity contribution in [2.45, 2.75) is 18.9 Å². The second kappa shape index (κ2) is 10.8. The average molecular weight is 502 g/mol. The van der Waals surface area contributed by atoms with Crippen molar-refractivity contribution in [3.63, 3.8) is 0 Å². The van der Waals surface area contributed by atoms with Crippen LogP contribution in [0.1, 0.15) is 22.9 Å². The minimum Gasteiger partial charge on any atom is -0.347 e. The summed E-state index contributed by atoms with van der Waals surface area (Å²) >= 11 is 0.970. The predicted molar refractivity (Wildman–Crippen MR) is 131 cm³/mol. The summed E-state index contributed by atoms with van der Waals surface area (Å²) in [6, 6.07) is 16.6. The maximum absolute atomic E-state index is 13.5. The van der Waals surface area contributed by atoms with Gasteiger partial charge in [0.2, 0.25) is 5.91 Å². The number of carbonyl (C=O) groups is 1. The Morgan fingerprint density at radius 3 is 2.61 bits per heavy atom. The molecular weight excluding hydrogens is 481 g/mol. The lowest BCUT2D eigenvalue weighted by molar-refractivity contribution is -0.121. The zero-order valence-electron chi connectivity index (χ0n) is 17.2. The Bertz CT molecular complexity index is 1240. The van der Waals surface area contributed by atoms with Gasteiger partial charge in [-0.2, -0.15) is 0 Å². The van der Waals surface area contributed by atoms with Crippen molar-refractivity contribution >= 4 is 45.5 Å². The number of halogens is 1. The van der Waals surface area contributed by atoms with E-state index in [9.17, 15) is 13.4 Å². The van der Waals surface area contributed by atoms with Crippen molar-refractivity contribution in [2.75, 3.05) is 4.72 Å². The Kier molecular flexibility index (Phi) is 7.61. The normalized spacial score (nSPS) is 12.8. The van der Waals surface area contributed by atoms with Crippen molar-refractivity contribution in [1.82, 2.24) is 10.3 Å². The summed E-state index contributed by atoms with van der Waals surface area (Å²) in [4.78, 5) is 18.6. The fourth-order valence-electron chi connectivity index (χ4n) is 3.31. The fourth-order valence-corrected chi connectivity index (χ4v) is 5.34. The molecule has 0 aliphatic rings. The molecule has 2 aromatic carbocycles. The molecule has 2 atom stereocenters. The Morgan fingerprint density at radius 2 is 1.91 bits per heavy atom. The second-order valence-corrected chi connectivity index (χ2v) is 9.74. The number of hydrogen-bond acceptors (Lipinski definition) is 5. The maximum Gasteiger partial charge on any atom is 0.259 e. The second-order valence-electron chi connectivity index (χ2n) is 7.23. The lowest BCUT2D eigenvalue weighted by Gasteiger charge is -2.18. The number of nitrogens with one attached hydrogen (secondary N) is 2. The molecule has 0 aliphatic heterocycles. The highest BCUT2D eigenvalue weighted by atomic mass is 32.2. The summed E-state index contributed by atoms with van der Waals surface area (Å²) < 4.78 is 35.8. The molecule has 3 N–H and O–H groups in total. The van der Waals surface area contributed by atoms with E-state index in [4.69, 9.17) is 9.54 Å². The number of anilines is 1. The Hall–Kier alpha value is -2.92. The summed E-state index contributed by atoms with van der Waals surface area (Å²) in [5.41, 5.74) is 2.77. The van der Waals surface area contributed by atoms with Crippen LogP contribution < -0.4 is 10.0 Å². The lowest BCUT2D eigenvalue weighted by Crippen LogP contribution is -2.31. The molecule has 170 valence electrons. The highest BCUT2D eigenvalue weighted by molar-refractivity contribution is 7.80. The topological polar surface area (TPSA) is 91.3 Å². The number of benzene rings is 2. The van der Waals surface area contributed by atoms with Gasteiger partial charge in [-0.05, 0) is 53.3 Å². The fraction of sp³-hybridized carbons (Fsp3) is 0.130. The van der Waals surface area contributed by atoms with E-state index in [0.29, 0.717) is 17.7 Å². The quantitative estimate of drug-likeness (QED) is 0.275. The van der Waals surface area contributed by atoms with Gasteiger partial charge in [-0.1, -0.05) is 30.3 Å². The number of aromatic nitrogens is 1. The molecular formula is C23H20FN3O3S3. The van der Waals surface area contributed by atoms with Crippen molar-refractivity contribution in [1.29, 1.82) is 0 Å². The molecule has 4 rings (SSSR count). The van der Waals surface area contributed by atoms with Crippen molar-refractivity contribution in [2.24, 2.45) is 0 Å². The van der Waals surface area contributed by atoms with E-state index in [1.165, 1.54) is 23.5 Å². The number of nitrogens with zero attached hydrogens (tertiary/aromatic N) is 1. The van der Waals surface area contributed by atoms with Gasteiger partial charge in [0.05, 0.1) is 23.0 Å². The molecule has 6 nitrogen and oxygen atoms in total. The summed E-state index contributed by atoms with van der Waals surface area (Å²) in [6.45, 7) is 0. The first-order valence-electron chi connectivity index (χ1n) is 9.96. The molecule has 10 heteroatoms. The Morgan fingerprint density at radius 1 is 1.09 bits per heavy atom. The van der Waals surface area contributed by atoms with Crippen LogP contribution >= 0.6 is 22.7 Å². The number of hydrogen-bond donors (Lipinski definition) is 3. The van der Waals surface area contributed by atoms with Crippen molar-refractivity contribution in [3.8, 4) is 9.88 Å². The zero-order valence-corrected chi connectivity index (χ0v) is 19.7. The summed E-state index contributed by atoms with van der Waals surface area (Å²) in [5.74, 6) is -0.611. The van der Waals surface area contributed by atoms with E-state index in [0.717, 1.165) is 21.1 Å². The number of carbonyl (C=O) groups excluding carboxylic acids is 1. The SMILES string of the molecule is O=C(Cc1cccc(F)c1)N[C@@H](Cc1ccc(NS(=O)O)cc1)c1csc(-c2cccs2)n1. The minimum atomic E-state index is -2.15. The van der Waals surface area contributed by atoms with E-state index in [1.807, 2.05) is 35.0 Å². The highest BCUT2D eigenvalue weighted by Crippen LogP contribution is 2.31. The number of thiazole rings is 1. The lowest BCUT2D eigenvalue weighted by atomic mass is 10.0. The molecule has 0 bridgehead atoms. The van der Waals surface area contributed by atoms with Gasteiger partial charge in [0, 0.05) is 11.1 Å². The Balaban J connectivity index is 1.53. The number of amides is 1. The van der Waals surface area contributed by atoms with Crippen LogP contribution in [0.15, 0.2) is 71.4 Å². The van der Waals surface area contributed by atoms with Crippen molar-refractivity contribution in [3.05, 3.63) is 94.1 Å². The Labute approximate surface area is 201 Å². The molecule has 0 saturated heterocycles. The van der Waals surface area contributed by atoms with Crippen LogP contribution in [0.3, 0.4) is 0 Å². The van der Waals surface area contributed by atoms with Gasteiger partial charge in [-0.25, -0.2) is 13.6 Å². The van der Waals surface area contributed by atoms with Gasteiger partial charge in [-0.3, -0.25) is 14.1 Å². The molecule has 33 heavy (non-hydrogen) atoms. The van der Waals surface area contributed by atoms with Crippen molar-refractivity contribution < 1.29 is 17.9 Å². The zero-order chi connectivity index (χ0) is 23.2. The van der Waals surface area contributed by atoms with Gasteiger partial charge >= 0.3 is 0 Å². The van der Waals surface area contributed by atoms with Crippen LogP contribution in [0.25, 0.3) is 9.88 Å². The van der Waals surface area contributed by atoms with Gasteiger partial charge in [-0.15, -0.1) is 22.7 Å². The molecule has 2 heterocycles. The van der Waals surface area contributed by atoms with E-state index in [2.05, 4.69) is 10.0 Å². The number of rotatable bonds is 9. The summed E-state index contributed by atoms with van der Waals surface area (Å²) in [6.07, 6.45) is 0.534. The molecule has 2 aromatic heterocycles. The first-order valence-corrected chi connectivity index (χ1v) is 12.8. The summed E-state index contributed by atoms with van der Waals surface area (Å²) in [5, 5.41) is 7.85. The molecule has 1 amide bonds. The van der Waals surface area contributed by atoms with Crippen LogP contribution in [0.2, 0.25) is 0 Å². The average Bonchev–Trinajstić information content (AvgIpc) is 3.46. The molecule has 0 aliphatic carbocycles. The third kappa shape index (κ3) is 6.55. The third-order valence-electron chi connectivity index (χ3n) is 4.80. The van der Waals surface area contributed by atoms with Crippen LogP contribution in [-0.4, -0.2) is 19.7 Å². The standard InChI is InChI=1S/C23H20FN3O3S3/c24-17-4-1-3-16(11-17)13-22(28)25-19(12-15-6-8-18(9-7-15)27-33(29)30)20-14-32-23(26-20)21-5-2-10-31-21/h1-11,14,19,27H,12-13H2,(H,25,28)(H,29,30)/t19-/m0/s1. The van der Waals surface area contributed by atoms with Crippen LogP contribution in [0.4, 0.5) is 10.1 Å². The van der Waals surface area contributed by atoms with E-state index in [1.54, 1.807) is 35.6 Å². The van der Waals surface area contributed by atoms with Gasteiger partial charge in [0.25, 0.3) is 11.3 Å². The first kappa shape index (κ1) is 23.2. The van der Waals surface area contributed by atoms with E-state index in [-0.39, 0.29) is 24.2 Å². The third-order valence-corrected chi connectivity index (χ3v) is 7.11. The van der Waals surface area contributed by atoms with Crippen LogP contribution in [0.5, 0.6) is 0 Å². The van der Waals surface area contributed by atoms with Gasteiger partial charge in [0.1, 0.15) is 10.8 Å². The minimum absolute atomic E-state index is 0.0569. The predicted octanol–water partition coefficient (Wildman–Crippen LogP) is 5.20. The smallest absolute Gasteiger partial charge is 0.259 e. The van der Waals surface area contributed by atoms with E-state index < -0.39 is 11.3 Å². The van der Waals surface area contributed by atoms with Crippen LogP contribution in [0, 0.1) is 5.82 Å². The molecule has 4 aromatic rings. The van der Waals surface area contributed by atoms with Gasteiger partial charge < -0.3 is 5.32 Å².